The van der Waals surface area contributed by atoms with E-state index in [9.17, 15) is 4.79 Å². The van der Waals surface area contributed by atoms with E-state index in [4.69, 9.17) is 4.74 Å². The molecule has 3 saturated carbocycles. The van der Waals surface area contributed by atoms with Crippen LogP contribution in [0.4, 0.5) is 4.79 Å². The van der Waals surface area contributed by atoms with Gasteiger partial charge in [-0.2, -0.15) is 0 Å². The Bertz CT molecular complexity index is 858. The van der Waals surface area contributed by atoms with E-state index in [-0.39, 0.29) is 12.2 Å². The first-order valence-corrected chi connectivity index (χ1v) is 17.6. The number of quaternary nitrogens is 1. The summed E-state index contributed by atoms with van der Waals surface area (Å²) in [5, 5.41) is 8.64. The first-order chi connectivity index (χ1) is 19.7. The Kier molecular flexibility index (Phi) is 12.0. The number of nitrogens with two attached hydrogens (primary N) is 1. The Balaban J connectivity index is 1.24. The standard InChI is InChI=1S/C36H63N3O2/c1-7-20-37-21-9-22-38-23-24-39-34(40)41-29-16-18-35(5)28(25-29)12-13-30-32-15-14-31(27(4)11-8-10-26(2)3)36(32,6)19-17-33(30)35/h12,26-27,29-33,37-38H,1,7-11,13-25H2,2-6H3/p+2/t27-,29+,30+,31-,32+,33+,35+,36-/m1/s1. The summed E-state index contributed by atoms with van der Waals surface area (Å²) in [6.45, 7) is 21.1. The lowest BCUT2D eigenvalue weighted by Crippen LogP contribution is -2.86. The number of amides is 1. The molecule has 4 aliphatic carbocycles. The van der Waals surface area contributed by atoms with Crippen molar-refractivity contribution in [3.63, 3.8) is 0 Å². The lowest BCUT2D eigenvalue weighted by molar-refractivity contribution is -0.653. The number of allylic oxidation sites excluding steroid dienone is 1. The molecule has 8 atom stereocenters. The van der Waals surface area contributed by atoms with E-state index < -0.39 is 0 Å². The maximum Gasteiger partial charge on any atom is 0.407 e. The number of rotatable bonds is 15. The van der Waals surface area contributed by atoms with Gasteiger partial charge < -0.3 is 20.7 Å². The molecule has 5 heteroatoms. The zero-order valence-electron chi connectivity index (χ0n) is 27.4. The first-order valence-electron chi connectivity index (χ1n) is 17.6. The van der Waals surface area contributed by atoms with Gasteiger partial charge in [-0.05, 0) is 91.3 Å². The van der Waals surface area contributed by atoms with E-state index in [2.05, 4.69) is 63.6 Å². The van der Waals surface area contributed by atoms with E-state index in [1.165, 1.54) is 57.8 Å². The highest BCUT2D eigenvalue weighted by Crippen LogP contribution is 2.67. The average molecular weight is 572 g/mol. The predicted octanol–water partition coefficient (Wildman–Crippen LogP) is 6.89. The van der Waals surface area contributed by atoms with Crippen LogP contribution in [-0.4, -0.2) is 44.9 Å². The Labute approximate surface area is 253 Å². The molecule has 4 N–H and O–H groups in total. The van der Waals surface area contributed by atoms with Gasteiger partial charge in [-0.1, -0.05) is 65.5 Å². The molecule has 0 unspecified atom stereocenters. The SMILES string of the molecule is [CH2+]CCNCCC[NH2+]CCNC(=O)O[C@H]1CC[C@@]2(C)C(=CC[C@H]3[C@@H]4CC[C@H]([C@H](C)CCCC(C)C)[C@@]4(C)CC[C@@H]32)C1. The van der Waals surface area contributed by atoms with Gasteiger partial charge in [0.05, 0.1) is 33.0 Å². The summed E-state index contributed by atoms with van der Waals surface area (Å²) < 4.78 is 5.95. The highest BCUT2D eigenvalue weighted by Gasteiger charge is 2.59. The molecule has 4 rings (SSSR count). The summed E-state index contributed by atoms with van der Waals surface area (Å²) in [6, 6.07) is 0. The third kappa shape index (κ3) is 7.85. The molecule has 3 fully saturated rings. The van der Waals surface area contributed by atoms with Crippen LogP contribution in [0.5, 0.6) is 0 Å². The minimum Gasteiger partial charge on any atom is -0.446 e. The third-order valence-corrected chi connectivity index (χ3v) is 12.3. The third-order valence-electron chi connectivity index (χ3n) is 12.3. The largest absolute Gasteiger partial charge is 0.446 e. The number of carbonyl (C=O) groups is 1. The second-order valence-corrected chi connectivity index (χ2v) is 15.3. The van der Waals surface area contributed by atoms with Crippen molar-refractivity contribution >= 4 is 6.09 Å². The minimum atomic E-state index is -0.230. The smallest absolute Gasteiger partial charge is 0.407 e. The Morgan fingerprint density at radius 2 is 1.85 bits per heavy atom. The lowest BCUT2D eigenvalue weighted by Gasteiger charge is -2.58. The van der Waals surface area contributed by atoms with Crippen molar-refractivity contribution in [2.24, 2.45) is 46.3 Å². The van der Waals surface area contributed by atoms with Gasteiger partial charge in [0, 0.05) is 25.9 Å². The Morgan fingerprint density at radius 1 is 1.02 bits per heavy atom. The fourth-order valence-corrected chi connectivity index (χ4v) is 9.99. The van der Waals surface area contributed by atoms with Crippen molar-refractivity contribution in [3.8, 4) is 0 Å². The average Bonchev–Trinajstić information content (AvgIpc) is 3.29. The summed E-state index contributed by atoms with van der Waals surface area (Å²) in [7, 11) is 0. The fourth-order valence-electron chi connectivity index (χ4n) is 9.99. The van der Waals surface area contributed by atoms with Gasteiger partial charge >= 0.3 is 6.09 Å². The highest BCUT2D eigenvalue weighted by atomic mass is 16.6. The number of ether oxygens (including phenoxy) is 1. The van der Waals surface area contributed by atoms with Gasteiger partial charge in [0.25, 0.3) is 0 Å². The van der Waals surface area contributed by atoms with E-state index in [0.29, 0.717) is 17.4 Å². The van der Waals surface area contributed by atoms with Crippen LogP contribution < -0.4 is 16.0 Å². The van der Waals surface area contributed by atoms with Crippen LogP contribution >= 0.6 is 0 Å². The first kappa shape index (κ1) is 32.7. The van der Waals surface area contributed by atoms with E-state index in [1.54, 1.807) is 5.57 Å². The molecule has 4 aliphatic rings. The summed E-state index contributed by atoms with van der Waals surface area (Å²) in [5.41, 5.74) is 2.45. The van der Waals surface area contributed by atoms with Gasteiger partial charge in [0.15, 0.2) is 0 Å². The molecule has 0 spiro atoms. The summed E-state index contributed by atoms with van der Waals surface area (Å²) in [4.78, 5) is 12.5. The van der Waals surface area contributed by atoms with Crippen LogP contribution in [0.15, 0.2) is 11.6 Å². The molecular weight excluding hydrogens is 506 g/mol. The van der Waals surface area contributed by atoms with Gasteiger partial charge in [-0.3, -0.25) is 0 Å². The zero-order valence-corrected chi connectivity index (χ0v) is 27.4. The number of hydrogen-bond acceptors (Lipinski definition) is 3. The number of fused-ring (bicyclic) bond motifs is 5. The van der Waals surface area contributed by atoms with Crippen LogP contribution in [0.2, 0.25) is 0 Å². The van der Waals surface area contributed by atoms with Gasteiger partial charge in [-0.15, -0.1) is 0 Å². The van der Waals surface area contributed by atoms with Crippen molar-refractivity contribution < 1.29 is 14.8 Å². The number of nitrogens with one attached hydrogen (secondary N) is 2. The Hall–Kier alpha value is -1.20. The number of hydrogen-bond donors (Lipinski definition) is 3. The monoisotopic (exact) mass is 572 g/mol. The van der Waals surface area contributed by atoms with Crippen LogP contribution in [0.25, 0.3) is 0 Å². The summed E-state index contributed by atoms with van der Waals surface area (Å²) in [5.74, 6) is 5.18. The van der Waals surface area contributed by atoms with Gasteiger partial charge in [0.2, 0.25) is 0 Å². The molecule has 41 heavy (non-hydrogen) atoms. The van der Waals surface area contributed by atoms with Crippen molar-refractivity contribution in [2.75, 3.05) is 32.7 Å². The maximum absolute atomic E-state index is 12.5. The number of alkyl carbamates (subject to hydrolysis) is 1. The topological polar surface area (TPSA) is 67.0 Å². The molecule has 1 amide bonds. The second kappa shape index (κ2) is 15.0. The minimum absolute atomic E-state index is 0.0328. The maximum atomic E-state index is 12.5. The quantitative estimate of drug-likeness (QED) is 0.114. The van der Waals surface area contributed by atoms with Crippen LogP contribution in [0.1, 0.15) is 118 Å². The molecule has 0 aromatic heterocycles. The number of carbonyl (C=O) groups excluding carboxylic acids is 1. The summed E-state index contributed by atoms with van der Waals surface area (Å²) >= 11 is 0. The lowest BCUT2D eigenvalue weighted by atomic mass is 9.47. The van der Waals surface area contributed by atoms with Crippen LogP contribution in [-0.2, 0) is 4.74 Å². The van der Waals surface area contributed by atoms with Crippen molar-refractivity contribution in [1.29, 1.82) is 0 Å². The van der Waals surface area contributed by atoms with Gasteiger partial charge in [-0.25, -0.2) is 4.79 Å². The molecule has 0 aromatic rings. The zero-order chi connectivity index (χ0) is 29.5. The normalized spacial score (nSPS) is 35.3. The molecule has 0 aromatic carbocycles. The van der Waals surface area contributed by atoms with E-state index >= 15 is 0 Å². The molecule has 0 saturated heterocycles. The van der Waals surface area contributed by atoms with Crippen molar-refractivity contribution in [1.82, 2.24) is 10.6 Å². The molecule has 0 aliphatic heterocycles. The predicted molar refractivity (Wildman–Crippen MR) is 170 cm³/mol. The molecule has 0 bridgehead atoms. The Morgan fingerprint density at radius 3 is 2.63 bits per heavy atom. The molecular formula is C36H65N3O2+2. The second-order valence-electron chi connectivity index (χ2n) is 15.3. The van der Waals surface area contributed by atoms with Crippen LogP contribution in [0.3, 0.4) is 0 Å². The molecule has 0 radical (unpaired) electrons. The molecule has 234 valence electrons. The molecule has 5 nitrogen and oxygen atoms in total. The van der Waals surface area contributed by atoms with E-state index in [1.807, 2.05) is 0 Å². The fraction of sp³-hybridized carbons (Fsp3) is 0.889. The molecule has 0 heterocycles. The van der Waals surface area contributed by atoms with Gasteiger partial charge in [0.1, 0.15) is 6.10 Å². The highest BCUT2D eigenvalue weighted by molar-refractivity contribution is 5.67. The van der Waals surface area contributed by atoms with Crippen molar-refractivity contribution in [2.45, 2.75) is 124 Å². The summed E-state index contributed by atoms with van der Waals surface area (Å²) in [6.07, 6.45) is 18.8. The van der Waals surface area contributed by atoms with E-state index in [0.717, 1.165) is 87.4 Å². The van der Waals surface area contributed by atoms with Crippen molar-refractivity contribution in [3.05, 3.63) is 18.6 Å². The van der Waals surface area contributed by atoms with Crippen LogP contribution in [0, 0.1) is 53.3 Å².